The van der Waals surface area contributed by atoms with Gasteiger partial charge < -0.3 is 4.90 Å². The Balaban J connectivity index is 1.97. The van der Waals surface area contributed by atoms with Crippen LogP contribution in [0.1, 0.15) is 29.2 Å². The maximum absolute atomic E-state index is 13.2. The number of hydrogen-bond acceptors (Lipinski definition) is 2. The van der Waals surface area contributed by atoms with Crippen molar-refractivity contribution >= 4 is 5.91 Å². The van der Waals surface area contributed by atoms with Gasteiger partial charge in [0.15, 0.2) is 0 Å². The molecule has 3 nitrogen and oxygen atoms in total. The number of halogens is 6. The number of benzene rings is 2. The Labute approximate surface area is 180 Å². The van der Waals surface area contributed by atoms with E-state index in [2.05, 4.69) is 4.98 Å². The van der Waals surface area contributed by atoms with Gasteiger partial charge >= 0.3 is 12.4 Å². The number of nitrogens with zero attached hydrogens (tertiary/aromatic N) is 2. The van der Waals surface area contributed by atoms with Crippen LogP contribution < -0.4 is 0 Å². The third-order valence-electron chi connectivity index (χ3n) is 4.82. The monoisotopic (exact) mass is 452 g/mol. The Morgan fingerprint density at radius 2 is 1.47 bits per heavy atom. The number of carbonyl (C=O) groups is 1. The molecule has 168 valence electrons. The number of hydrogen-bond donors (Lipinski definition) is 0. The molecule has 0 bridgehead atoms. The number of alkyl halides is 6. The molecule has 0 aliphatic heterocycles. The van der Waals surface area contributed by atoms with Crippen molar-refractivity contribution in [2.45, 2.75) is 32.4 Å². The molecule has 0 spiro atoms. The van der Waals surface area contributed by atoms with Gasteiger partial charge in [-0.15, -0.1) is 0 Å². The highest BCUT2D eigenvalue weighted by Crippen LogP contribution is 2.36. The van der Waals surface area contributed by atoms with E-state index < -0.39 is 35.9 Å². The Bertz CT molecular complexity index is 1060. The predicted octanol–water partition coefficient (Wildman–Crippen LogP) is 6.33. The summed E-state index contributed by atoms with van der Waals surface area (Å²) in [5, 5.41) is 0. The zero-order chi connectivity index (χ0) is 23.5. The molecule has 9 heteroatoms. The van der Waals surface area contributed by atoms with Crippen molar-refractivity contribution in [3.8, 4) is 11.1 Å². The molecule has 0 unspecified atom stereocenters. The smallest absolute Gasteiger partial charge is 0.334 e. The van der Waals surface area contributed by atoms with Crippen LogP contribution in [0.15, 0.2) is 67.0 Å². The van der Waals surface area contributed by atoms with Gasteiger partial charge in [-0.05, 0) is 46.5 Å². The fraction of sp³-hybridized carbons (Fsp3) is 0.217. The van der Waals surface area contributed by atoms with Crippen LogP contribution in [-0.4, -0.2) is 15.8 Å². The van der Waals surface area contributed by atoms with E-state index in [1.54, 1.807) is 12.3 Å². The van der Waals surface area contributed by atoms with Gasteiger partial charge in [0.1, 0.15) is 0 Å². The van der Waals surface area contributed by atoms with Crippen LogP contribution >= 0.6 is 0 Å². The van der Waals surface area contributed by atoms with Crippen LogP contribution in [0.4, 0.5) is 26.3 Å². The molecule has 0 saturated heterocycles. The van der Waals surface area contributed by atoms with Crippen LogP contribution in [-0.2, 0) is 30.2 Å². The molecule has 0 radical (unpaired) electrons. The summed E-state index contributed by atoms with van der Waals surface area (Å²) in [6.07, 6.45) is -6.83. The van der Waals surface area contributed by atoms with Gasteiger partial charge in [-0.1, -0.05) is 30.3 Å². The van der Waals surface area contributed by atoms with Gasteiger partial charge in [-0.3, -0.25) is 9.78 Å². The second-order valence-electron chi connectivity index (χ2n) is 7.19. The summed E-state index contributed by atoms with van der Waals surface area (Å²) in [6, 6.07) is 12.2. The van der Waals surface area contributed by atoms with E-state index in [1.165, 1.54) is 18.0 Å². The summed E-state index contributed by atoms with van der Waals surface area (Å²) >= 11 is 0. The highest BCUT2D eigenvalue weighted by Gasteiger charge is 2.37. The van der Waals surface area contributed by atoms with E-state index in [0.717, 1.165) is 11.1 Å². The molecule has 0 aliphatic carbocycles. The average Bonchev–Trinajstić information content (AvgIpc) is 2.73. The first kappa shape index (κ1) is 23.3. The molecule has 1 heterocycles. The van der Waals surface area contributed by atoms with Gasteiger partial charge in [0, 0.05) is 32.4 Å². The van der Waals surface area contributed by atoms with Crippen LogP contribution in [0.3, 0.4) is 0 Å². The maximum atomic E-state index is 13.2. The van der Waals surface area contributed by atoms with Crippen molar-refractivity contribution < 1.29 is 31.1 Å². The number of rotatable bonds is 5. The maximum Gasteiger partial charge on any atom is 0.416 e. The summed E-state index contributed by atoms with van der Waals surface area (Å²) in [5.41, 5.74) is -0.905. The number of pyridine rings is 1. The first-order chi connectivity index (χ1) is 14.9. The topological polar surface area (TPSA) is 33.2 Å². The lowest BCUT2D eigenvalue weighted by Crippen LogP contribution is -2.28. The lowest BCUT2D eigenvalue weighted by Gasteiger charge is -2.24. The van der Waals surface area contributed by atoms with Crippen molar-refractivity contribution in [1.82, 2.24) is 9.88 Å². The largest absolute Gasteiger partial charge is 0.416 e. The molecule has 0 aliphatic rings. The van der Waals surface area contributed by atoms with Crippen LogP contribution in [0.2, 0.25) is 0 Å². The van der Waals surface area contributed by atoms with Crippen LogP contribution in [0.5, 0.6) is 0 Å². The number of aromatic nitrogens is 1. The number of carbonyl (C=O) groups excluding carboxylic acids is 1. The molecule has 1 aromatic heterocycles. The molecule has 0 saturated carbocycles. The highest BCUT2D eigenvalue weighted by molar-refractivity contribution is 5.74. The lowest BCUT2D eigenvalue weighted by molar-refractivity contribution is -0.143. The van der Waals surface area contributed by atoms with E-state index >= 15 is 0 Å². The Morgan fingerprint density at radius 1 is 0.875 bits per heavy atom. The van der Waals surface area contributed by atoms with Crippen molar-refractivity contribution in [3.63, 3.8) is 0 Å². The molecule has 0 fully saturated rings. The molecule has 2 aromatic carbocycles. The molecular formula is C23H18F6N2O. The van der Waals surface area contributed by atoms with Gasteiger partial charge in [-0.2, -0.15) is 26.3 Å². The van der Waals surface area contributed by atoms with E-state index in [1.807, 2.05) is 30.3 Å². The first-order valence-electron chi connectivity index (χ1n) is 9.47. The SMILES string of the molecule is CC(=O)N(Cc1cc(C(F)(F)F)cc(C(F)(F)F)c1)Cc1cnccc1-c1ccccc1. The lowest BCUT2D eigenvalue weighted by atomic mass is 10.0. The number of amides is 1. The highest BCUT2D eigenvalue weighted by atomic mass is 19.4. The fourth-order valence-corrected chi connectivity index (χ4v) is 3.27. The standard InChI is InChI=1S/C23H18F6N2O/c1-15(32)31(14-18-12-30-8-7-21(18)17-5-3-2-4-6-17)13-16-9-19(22(24,25)26)11-20(10-16)23(27,28)29/h2-12H,13-14H2,1H3. The zero-order valence-corrected chi connectivity index (χ0v) is 16.8. The first-order valence-corrected chi connectivity index (χ1v) is 9.47. The molecular weight excluding hydrogens is 434 g/mol. The fourth-order valence-electron chi connectivity index (χ4n) is 3.27. The van der Waals surface area contributed by atoms with Gasteiger partial charge in [-0.25, -0.2) is 0 Å². The molecule has 0 N–H and O–H groups in total. The van der Waals surface area contributed by atoms with Gasteiger partial charge in [0.25, 0.3) is 0 Å². The third-order valence-corrected chi connectivity index (χ3v) is 4.82. The van der Waals surface area contributed by atoms with E-state index in [9.17, 15) is 31.1 Å². The van der Waals surface area contributed by atoms with E-state index in [0.29, 0.717) is 17.7 Å². The minimum Gasteiger partial charge on any atom is -0.334 e. The van der Waals surface area contributed by atoms with Crippen molar-refractivity contribution in [3.05, 3.63) is 89.2 Å². The van der Waals surface area contributed by atoms with Gasteiger partial charge in [0.2, 0.25) is 5.91 Å². The van der Waals surface area contributed by atoms with Crippen LogP contribution in [0.25, 0.3) is 11.1 Å². The van der Waals surface area contributed by atoms with Crippen LogP contribution in [0, 0.1) is 0 Å². The second-order valence-corrected chi connectivity index (χ2v) is 7.19. The molecule has 3 aromatic rings. The zero-order valence-electron chi connectivity index (χ0n) is 16.8. The Kier molecular flexibility index (Phi) is 6.57. The summed E-state index contributed by atoms with van der Waals surface area (Å²) in [5.74, 6) is -0.501. The van der Waals surface area contributed by atoms with E-state index in [-0.39, 0.29) is 18.2 Å². The van der Waals surface area contributed by atoms with Crippen molar-refractivity contribution in [2.75, 3.05) is 0 Å². The Hall–Kier alpha value is -3.36. The van der Waals surface area contributed by atoms with Crippen molar-refractivity contribution in [1.29, 1.82) is 0 Å². The average molecular weight is 452 g/mol. The molecule has 32 heavy (non-hydrogen) atoms. The minimum atomic E-state index is -4.96. The summed E-state index contributed by atoms with van der Waals surface area (Å²) in [6.45, 7) is 0.743. The third kappa shape index (κ3) is 5.66. The quantitative estimate of drug-likeness (QED) is 0.424. The molecule has 3 rings (SSSR count). The summed E-state index contributed by atoms with van der Waals surface area (Å²) in [7, 11) is 0. The molecule has 0 atom stereocenters. The van der Waals surface area contributed by atoms with E-state index in [4.69, 9.17) is 0 Å². The summed E-state index contributed by atoms with van der Waals surface area (Å²) < 4.78 is 79.0. The predicted molar refractivity (Wildman–Crippen MR) is 106 cm³/mol. The minimum absolute atomic E-state index is 0.0367. The molecule has 1 amide bonds. The Morgan fingerprint density at radius 3 is 2.00 bits per heavy atom. The normalized spacial score (nSPS) is 12.0. The summed E-state index contributed by atoms with van der Waals surface area (Å²) in [4.78, 5) is 17.5. The van der Waals surface area contributed by atoms with Gasteiger partial charge in [0.05, 0.1) is 11.1 Å². The van der Waals surface area contributed by atoms with Crippen molar-refractivity contribution in [2.24, 2.45) is 0 Å². The second kappa shape index (κ2) is 9.02.